The van der Waals surface area contributed by atoms with E-state index >= 15 is 0 Å². The maximum Gasteiger partial charge on any atom is 0.264 e. The van der Waals surface area contributed by atoms with Gasteiger partial charge in [0.15, 0.2) is 6.29 Å². The number of benzene rings is 1. The first-order valence-electron chi connectivity index (χ1n) is 7.63. The van der Waals surface area contributed by atoms with Gasteiger partial charge in [-0.05, 0) is 12.5 Å². The molecule has 2 bridgehead atoms. The molecule has 0 unspecified atom stereocenters. The van der Waals surface area contributed by atoms with Crippen molar-refractivity contribution in [3.63, 3.8) is 0 Å². The Morgan fingerprint density at radius 2 is 2.00 bits per heavy atom. The number of fused-ring (bicyclic) bond motifs is 2. The second-order valence-electron chi connectivity index (χ2n) is 6.37. The summed E-state index contributed by atoms with van der Waals surface area (Å²) in [4.78, 5) is 0. The Morgan fingerprint density at radius 3 is 2.65 bits per heavy atom. The van der Waals surface area contributed by atoms with Crippen LogP contribution in [0.2, 0.25) is 0 Å². The summed E-state index contributed by atoms with van der Waals surface area (Å²) in [5.41, 5.74) is 0.187. The van der Waals surface area contributed by atoms with Crippen LogP contribution in [0, 0.1) is 5.92 Å². The topological polar surface area (TPSA) is 71.1 Å². The lowest BCUT2D eigenvalue weighted by atomic mass is 9.88. The first-order chi connectivity index (χ1) is 10.8. The minimum Gasteiger partial charge on any atom is -0.370 e. The molecule has 0 amide bonds. The zero-order chi connectivity index (χ0) is 16.7. The Hall–Kier alpha value is -0.990. The Balaban J connectivity index is 1.77. The highest BCUT2D eigenvalue weighted by atomic mass is 32.2. The van der Waals surface area contributed by atoms with Gasteiger partial charge < -0.3 is 14.2 Å². The van der Waals surface area contributed by atoms with Crippen molar-refractivity contribution in [2.24, 2.45) is 5.92 Å². The number of rotatable bonds is 5. The minimum absolute atomic E-state index is 0.0168. The molecule has 2 saturated heterocycles. The Bertz CT molecular complexity index is 646. The molecule has 2 aliphatic rings. The van der Waals surface area contributed by atoms with E-state index < -0.39 is 28.1 Å². The quantitative estimate of drug-likeness (QED) is 0.759. The monoisotopic (exact) mass is 342 g/mol. The molecule has 0 aromatic heterocycles. The molecule has 128 valence electrons. The van der Waals surface area contributed by atoms with E-state index in [1.807, 2.05) is 44.2 Å². The Kier molecular flexibility index (Phi) is 4.50. The molecule has 6 nitrogen and oxygen atoms in total. The summed E-state index contributed by atoms with van der Waals surface area (Å²) < 4.78 is 45.8. The summed E-state index contributed by atoms with van der Waals surface area (Å²) in [5, 5.41) is 0. The standard InChI is InChI=1S/C16H22O6S/c1-11-14(19-9-12-7-5-4-6-8-12)16(2)13(22-23(3,17)18)10-20-15(11)21-16/h4-8,11,13-15H,9-10H2,1-3H3/t11-,13+,14-,15-,16-/m1/s1. The van der Waals surface area contributed by atoms with E-state index in [-0.39, 0.29) is 18.6 Å². The normalized spacial score (nSPS) is 37.0. The molecule has 1 aromatic rings. The van der Waals surface area contributed by atoms with Crippen molar-refractivity contribution in [3.8, 4) is 0 Å². The molecule has 23 heavy (non-hydrogen) atoms. The smallest absolute Gasteiger partial charge is 0.264 e. The fourth-order valence-corrected chi connectivity index (χ4v) is 3.96. The highest BCUT2D eigenvalue weighted by Crippen LogP contribution is 2.45. The van der Waals surface area contributed by atoms with Gasteiger partial charge in [-0.2, -0.15) is 8.42 Å². The van der Waals surface area contributed by atoms with Gasteiger partial charge in [-0.3, -0.25) is 4.18 Å². The third kappa shape index (κ3) is 3.44. The summed E-state index contributed by atoms with van der Waals surface area (Å²) in [7, 11) is -3.61. The molecule has 2 fully saturated rings. The average molecular weight is 342 g/mol. The fraction of sp³-hybridized carbons (Fsp3) is 0.625. The van der Waals surface area contributed by atoms with Gasteiger partial charge in [0.05, 0.1) is 25.6 Å². The molecule has 0 radical (unpaired) electrons. The number of hydrogen-bond acceptors (Lipinski definition) is 6. The summed E-state index contributed by atoms with van der Waals surface area (Å²) in [5.74, 6) is -0.0168. The summed E-state index contributed by atoms with van der Waals surface area (Å²) in [6.07, 6.45) is -0.415. The van der Waals surface area contributed by atoms with Gasteiger partial charge in [-0.15, -0.1) is 0 Å². The van der Waals surface area contributed by atoms with Crippen LogP contribution in [0.5, 0.6) is 0 Å². The van der Waals surface area contributed by atoms with Gasteiger partial charge >= 0.3 is 0 Å². The van der Waals surface area contributed by atoms with Gasteiger partial charge in [0.2, 0.25) is 0 Å². The predicted molar refractivity (Wildman–Crippen MR) is 83.1 cm³/mol. The maximum absolute atomic E-state index is 11.5. The van der Waals surface area contributed by atoms with Crippen LogP contribution in [0.3, 0.4) is 0 Å². The Labute approximate surface area is 136 Å². The van der Waals surface area contributed by atoms with Crippen molar-refractivity contribution < 1.29 is 26.8 Å². The van der Waals surface area contributed by atoms with Crippen LogP contribution >= 0.6 is 0 Å². The zero-order valence-corrected chi connectivity index (χ0v) is 14.3. The third-order valence-electron chi connectivity index (χ3n) is 4.46. The lowest BCUT2D eigenvalue weighted by Crippen LogP contribution is -2.54. The zero-order valence-electron chi connectivity index (χ0n) is 13.5. The first-order valence-corrected chi connectivity index (χ1v) is 9.44. The van der Waals surface area contributed by atoms with Crippen molar-refractivity contribution in [3.05, 3.63) is 35.9 Å². The van der Waals surface area contributed by atoms with Crippen LogP contribution in [0.1, 0.15) is 19.4 Å². The molecule has 0 aliphatic carbocycles. The van der Waals surface area contributed by atoms with Gasteiger partial charge in [-0.1, -0.05) is 37.3 Å². The van der Waals surface area contributed by atoms with E-state index in [2.05, 4.69) is 0 Å². The number of hydrogen-bond donors (Lipinski definition) is 0. The lowest BCUT2D eigenvalue weighted by molar-refractivity contribution is -0.261. The molecule has 7 heteroatoms. The molecule has 5 atom stereocenters. The molecule has 3 rings (SSSR count). The van der Waals surface area contributed by atoms with E-state index in [1.165, 1.54) is 0 Å². The largest absolute Gasteiger partial charge is 0.370 e. The minimum atomic E-state index is -3.61. The van der Waals surface area contributed by atoms with Crippen LogP contribution < -0.4 is 0 Å². The molecule has 1 aromatic carbocycles. The molecule has 0 saturated carbocycles. The van der Waals surface area contributed by atoms with Crippen molar-refractivity contribution in [1.29, 1.82) is 0 Å². The van der Waals surface area contributed by atoms with E-state index in [0.29, 0.717) is 6.61 Å². The van der Waals surface area contributed by atoms with Crippen molar-refractivity contribution in [2.45, 2.75) is 44.6 Å². The third-order valence-corrected chi connectivity index (χ3v) is 5.04. The van der Waals surface area contributed by atoms with E-state index in [1.54, 1.807) is 0 Å². The van der Waals surface area contributed by atoms with Crippen LogP contribution in [-0.2, 0) is 35.1 Å². The second-order valence-corrected chi connectivity index (χ2v) is 7.97. The maximum atomic E-state index is 11.5. The number of ether oxygens (including phenoxy) is 3. The van der Waals surface area contributed by atoms with Crippen LogP contribution in [0.15, 0.2) is 30.3 Å². The van der Waals surface area contributed by atoms with Gasteiger partial charge in [0, 0.05) is 5.92 Å². The summed E-state index contributed by atoms with van der Waals surface area (Å²) >= 11 is 0. The fourth-order valence-electron chi connectivity index (χ4n) is 3.29. The highest BCUT2D eigenvalue weighted by Gasteiger charge is 2.60. The predicted octanol–water partition coefficient (Wildman–Crippen LogP) is 1.70. The second kappa shape index (κ2) is 6.14. The van der Waals surface area contributed by atoms with Crippen LogP contribution in [0.25, 0.3) is 0 Å². The summed E-state index contributed by atoms with van der Waals surface area (Å²) in [6.45, 7) is 4.41. The van der Waals surface area contributed by atoms with Gasteiger partial charge in [0.1, 0.15) is 11.7 Å². The van der Waals surface area contributed by atoms with Crippen LogP contribution in [0.4, 0.5) is 0 Å². The average Bonchev–Trinajstić information content (AvgIpc) is 2.68. The molecule has 2 heterocycles. The molecular weight excluding hydrogens is 320 g/mol. The molecular formula is C16H22O6S. The first kappa shape index (κ1) is 16.9. The van der Waals surface area contributed by atoms with Gasteiger partial charge in [-0.25, -0.2) is 0 Å². The molecule has 0 N–H and O–H groups in total. The molecule has 0 spiro atoms. The van der Waals surface area contributed by atoms with E-state index in [0.717, 1.165) is 11.8 Å². The van der Waals surface area contributed by atoms with Crippen LogP contribution in [-0.4, -0.2) is 45.4 Å². The SMILES string of the molecule is C[C@H]1[C@@H]2OC[C@H](OS(C)(=O)=O)[C@@](C)(O2)[C@@H]1OCc1ccccc1. The van der Waals surface area contributed by atoms with Crippen molar-refractivity contribution in [1.82, 2.24) is 0 Å². The van der Waals surface area contributed by atoms with Crippen molar-refractivity contribution in [2.75, 3.05) is 12.9 Å². The Morgan fingerprint density at radius 1 is 1.30 bits per heavy atom. The van der Waals surface area contributed by atoms with E-state index in [9.17, 15) is 8.42 Å². The lowest BCUT2D eigenvalue weighted by Gasteiger charge is -2.39. The van der Waals surface area contributed by atoms with E-state index in [4.69, 9.17) is 18.4 Å². The van der Waals surface area contributed by atoms with Crippen molar-refractivity contribution >= 4 is 10.1 Å². The van der Waals surface area contributed by atoms with Gasteiger partial charge in [0.25, 0.3) is 10.1 Å². The molecule has 2 aliphatic heterocycles. The summed E-state index contributed by atoms with van der Waals surface area (Å²) in [6, 6.07) is 9.81. The highest BCUT2D eigenvalue weighted by molar-refractivity contribution is 7.86.